The summed E-state index contributed by atoms with van der Waals surface area (Å²) < 4.78 is 18.9. The Labute approximate surface area is 162 Å². The largest absolute Gasteiger partial charge is 0.379 e. The Morgan fingerprint density at radius 2 is 1.89 bits per heavy atom. The number of hydrogen-bond donors (Lipinski definition) is 2. The minimum absolute atomic E-state index is 0.135. The fourth-order valence-corrected chi connectivity index (χ4v) is 3.94. The molecule has 1 aliphatic heterocycles. The van der Waals surface area contributed by atoms with Crippen molar-refractivity contribution in [2.75, 3.05) is 39.4 Å². The third-order valence-electron chi connectivity index (χ3n) is 5.45. The molecule has 3 rings (SSSR count). The first-order valence-electron chi connectivity index (χ1n) is 10.4. The lowest BCUT2D eigenvalue weighted by Crippen LogP contribution is -2.45. The smallest absolute Gasteiger partial charge is 0.191 e. The summed E-state index contributed by atoms with van der Waals surface area (Å²) in [5.41, 5.74) is 1.11. The fraction of sp³-hybridized carbons (Fsp3) is 0.667. The van der Waals surface area contributed by atoms with Gasteiger partial charge in [-0.05, 0) is 37.5 Å². The lowest BCUT2D eigenvalue weighted by atomic mass is 9.96. The molecule has 5 nitrogen and oxygen atoms in total. The number of morpholine rings is 1. The predicted octanol–water partition coefficient (Wildman–Crippen LogP) is 3.09. The summed E-state index contributed by atoms with van der Waals surface area (Å²) >= 11 is 0. The number of hydrogen-bond acceptors (Lipinski definition) is 3. The average molecular weight is 377 g/mol. The molecule has 1 saturated heterocycles. The average Bonchev–Trinajstić information content (AvgIpc) is 2.71. The van der Waals surface area contributed by atoms with Gasteiger partial charge in [0.15, 0.2) is 5.96 Å². The Hall–Kier alpha value is -1.66. The maximum Gasteiger partial charge on any atom is 0.191 e. The zero-order chi connectivity index (χ0) is 18.9. The second kappa shape index (κ2) is 10.6. The van der Waals surface area contributed by atoms with Gasteiger partial charge in [0.05, 0.1) is 25.8 Å². The number of halogens is 1. The van der Waals surface area contributed by atoms with E-state index in [4.69, 9.17) is 9.73 Å². The Morgan fingerprint density at radius 3 is 2.56 bits per heavy atom. The zero-order valence-corrected chi connectivity index (χ0v) is 16.4. The van der Waals surface area contributed by atoms with E-state index in [2.05, 4.69) is 22.5 Å². The quantitative estimate of drug-likeness (QED) is 0.592. The van der Waals surface area contributed by atoms with Gasteiger partial charge in [-0.15, -0.1) is 0 Å². The Kier molecular flexibility index (Phi) is 7.90. The van der Waals surface area contributed by atoms with Gasteiger partial charge in [0.25, 0.3) is 0 Å². The van der Waals surface area contributed by atoms with Crippen molar-refractivity contribution in [1.29, 1.82) is 0 Å². The topological polar surface area (TPSA) is 48.9 Å². The van der Waals surface area contributed by atoms with Crippen LogP contribution in [0.2, 0.25) is 0 Å². The third-order valence-corrected chi connectivity index (χ3v) is 5.45. The summed E-state index contributed by atoms with van der Waals surface area (Å²) in [5, 5.41) is 7.00. The number of ether oxygens (including phenoxy) is 1. The monoisotopic (exact) mass is 376 g/mol. The summed E-state index contributed by atoms with van der Waals surface area (Å²) in [6.45, 7) is 6.82. The van der Waals surface area contributed by atoms with E-state index in [-0.39, 0.29) is 11.9 Å². The van der Waals surface area contributed by atoms with Gasteiger partial charge in [0.2, 0.25) is 0 Å². The van der Waals surface area contributed by atoms with Gasteiger partial charge in [-0.1, -0.05) is 31.4 Å². The standard InChI is InChI=1S/C21H33FN4O/c1-2-23-21(25-19-6-4-3-5-7-19)24-16-20(26-12-14-27-15-13-26)17-8-10-18(22)11-9-17/h8-11,19-20H,2-7,12-16H2,1H3,(H2,23,24,25). The SMILES string of the molecule is CCNC(=NCC(c1ccc(F)cc1)N1CCOCC1)NC1CCCCC1. The molecule has 27 heavy (non-hydrogen) atoms. The van der Waals surface area contributed by atoms with Crippen LogP contribution < -0.4 is 10.6 Å². The van der Waals surface area contributed by atoms with Gasteiger partial charge in [-0.3, -0.25) is 9.89 Å². The van der Waals surface area contributed by atoms with Crippen molar-refractivity contribution in [3.63, 3.8) is 0 Å². The van der Waals surface area contributed by atoms with Crippen molar-refractivity contribution < 1.29 is 9.13 Å². The normalized spacial score (nSPS) is 21.0. The Bertz CT molecular complexity index is 580. The van der Waals surface area contributed by atoms with E-state index in [0.29, 0.717) is 12.6 Å². The molecule has 0 aromatic heterocycles. The summed E-state index contributed by atoms with van der Waals surface area (Å²) in [6.07, 6.45) is 6.37. The molecule has 1 saturated carbocycles. The van der Waals surface area contributed by atoms with E-state index >= 15 is 0 Å². The van der Waals surface area contributed by atoms with Crippen molar-refractivity contribution in [2.45, 2.75) is 51.1 Å². The molecule has 2 aliphatic rings. The highest BCUT2D eigenvalue weighted by Gasteiger charge is 2.23. The molecular formula is C21H33FN4O. The first-order chi connectivity index (χ1) is 13.3. The van der Waals surface area contributed by atoms with E-state index in [0.717, 1.165) is 44.4 Å². The van der Waals surface area contributed by atoms with Crippen molar-refractivity contribution in [1.82, 2.24) is 15.5 Å². The highest BCUT2D eigenvalue weighted by Crippen LogP contribution is 2.23. The first-order valence-corrected chi connectivity index (χ1v) is 10.4. The van der Waals surface area contributed by atoms with Gasteiger partial charge < -0.3 is 15.4 Å². The van der Waals surface area contributed by atoms with Crippen LogP contribution in [0, 0.1) is 5.82 Å². The fourth-order valence-electron chi connectivity index (χ4n) is 3.94. The number of aliphatic imine (C=N–C) groups is 1. The second-order valence-corrected chi connectivity index (χ2v) is 7.41. The lowest BCUT2D eigenvalue weighted by Gasteiger charge is -2.34. The summed E-state index contributed by atoms with van der Waals surface area (Å²) in [6, 6.07) is 7.50. The molecule has 1 unspecified atom stereocenters. The van der Waals surface area contributed by atoms with Crippen LogP contribution in [-0.2, 0) is 4.74 Å². The van der Waals surface area contributed by atoms with Crippen molar-refractivity contribution in [3.8, 4) is 0 Å². The number of benzene rings is 1. The van der Waals surface area contributed by atoms with Crippen molar-refractivity contribution in [3.05, 3.63) is 35.6 Å². The van der Waals surface area contributed by atoms with Gasteiger partial charge in [-0.25, -0.2) is 4.39 Å². The van der Waals surface area contributed by atoms with Gasteiger partial charge in [0, 0.05) is 25.7 Å². The van der Waals surface area contributed by atoms with Crippen LogP contribution in [0.5, 0.6) is 0 Å². The van der Waals surface area contributed by atoms with Crippen LogP contribution in [0.3, 0.4) is 0 Å². The van der Waals surface area contributed by atoms with E-state index in [9.17, 15) is 4.39 Å². The summed E-state index contributed by atoms with van der Waals surface area (Å²) in [7, 11) is 0. The van der Waals surface area contributed by atoms with E-state index < -0.39 is 0 Å². The number of nitrogens with zero attached hydrogens (tertiary/aromatic N) is 2. The van der Waals surface area contributed by atoms with Crippen LogP contribution in [0.15, 0.2) is 29.3 Å². The minimum Gasteiger partial charge on any atom is -0.379 e. The highest BCUT2D eigenvalue weighted by molar-refractivity contribution is 5.80. The maximum atomic E-state index is 13.4. The zero-order valence-electron chi connectivity index (χ0n) is 16.4. The molecule has 1 heterocycles. The molecule has 1 atom stereocenters. The second-order valence-electron chi connectivity index (χ2n) is 7.41. The maximum absolute atomic E-state index is 13.4. The Morgan fingerprint density at radius 1 is 1.19 bits per heavy atom. The van der Waals surface area contributed by atoms with E-state index in [1.165, 1.54) is 44.2 Å². The molecule has 1 aliphatic carbocycles. The molecule has 1 aromatic carbocycles. The predicted molar refractivity (Wildman–Crippen MR) is 108 cm³/mol. The summed E-state index contributed by atoms with van der Waals surface area (Å²) in [5.74, 6) is 0.694. The highest BCUT2D eigenvalue weighted by atomic mass is 19.1. The molecule has 150 valence electrons. The van der Waals surface area contributed by atoms with Gasteiger partial charge >= 0.3 is 0 Å². The van der Waals surface area contributed by atoms with Crippen LogP contribution in [0.4, 0.5) is 4.39 Å². The lowest BCUT2D eigenvalue weighted by molar-refractivity contribution is 0.0179. The van der Waals surface area contributed by atoms with Gasteiger partial charge in [0.1, 0.15) is 5.82 Å². The minimum atomic E-state index is -0.199. The molecule has 0 bridgehead atoms. The molecule has 2 N–H and O–H groups in total. The first kappa shape index (κ1) is 20.1. The van der Waals surface area contributed by atoms with Crippen LogP contribution >= 0.6 is 0 Å². The third kappa shape index (κ3) is 6.18. The number of nitrogens with one attached hydrogen (secondary N) is 2. The number of rotatable bonds is 6. The van der Waals surface area contributed by atoms with E-state index in [1.54, 1.807) is 0 Å². The van der Waals surface area contributed by atoms with Crippen LogP contribution in [0.25, 0.3) is 0 Å². The van der Waals surface area contributed by atoms with Crippen molar-refractivity contribution >= 4 is 5.96 Å². The molecular weight excluding hydrogens is 343 g/mol. The molecule has 0 amide bonds. The molecule has 1 aromatic rings. The van der Waals surface area contributed by atoms with E-state index in [1.807, 2.05) is 12.1 Å². The number of guanidine groups is 1. The van der Waals surface area contributed by atoms with Crippen LogP contribution in [-0.4, -0.2) is 56.3 Å². The van der Waals surface area contributed by atoms with Gasteiger partial charge in [-0.2, -0.15) is 0 Å². The van der Waals surface area contributed by atoms with Crippen molar-refractivity contribution in [2.24, 2.45) is 4.99 Å². The summed E-state index contributed by atoms with van der Waals surface area (Å²) in [4.78, 5) is 7.29. The molecule has 6 heteroatoms. The molecule has 2 fully saturated rings. The Balaban J connectivity index is 1.71. The molecule has 0 spiro atoms. The van der Waals surface area contributed by atoms with Crippen LogP contribution in [0.1, 0.15) is 50.6 Å². The molecule has 0 radical (unpaired) electrons.